The second-order valence-corrected chi connectivity index (χ2v) is 5.27. The predicted octanol–water partition coefficient (Wildman–Crippen LogP) is 4.85. The highest BCUT2D eigenvalue weighted by molar-refractivity contribution is 5.89. The Morgan fingerprint density at radius 2 is 1.71 bits per heavy atom. The zero-order valence-electron chi connectivity index (χ0n) is 12.8. The molecule has 0 saturated carbocycles. The Morgan fingerprint density at radius 3 is 2.25 bits per heavy atom. The molecular formula is C15H14F6N2O. The van der Waals surface area contributed by atoms with E-state index >= 15 is 0 Å². The van der Waals surface area contributed by atoms with Gasteiger partial charge in [-0.3, -0.25) is 0 Å². The van der Waals surface area contributed by atoms with Gasteiger partial charge in [0.05, 0.1) is 23.7 Å². The van der Waals surface area contributed by atoms with Gasteiger partial charge in [0.15, 0.2) is 0 Å². The van der Waals surface area contributed by atoms with Crippen molar-refractivity contribution in [3.8, 4) is 5.75 Å². The van der Waals surface area contributed by atoms with Crippen molar-refractivity contribution >= 4 is 10.9 Å². The molecular weight excluding hydrogens is 338 g/mol. The zero-order chi connectivity index (χ0) is 18.1. The van der Waals surface area contributed by atoms with E-state index < -0.39 is 24.6 Å². The third kappa shape index (κ3) is 4.07. The maximum Gasteiger partial charge on any atom is 0.451 e. The van der Waals surface area contributed by atoms with Crippen LogP contribution >= 0.6 is 0 Å². The predicted molar refractivity (Wildman–Crippen MR) is 74.8 cm³/mol. The molecule has 24 heavy (non-hydrogen) atoms. The van der Waals surface area contributed by atoms with Crippen molar-refractivity contribution in [1.29, 1.82) is 0 Å². The van der Waals surface area contributed by atoms with Crippen molar-refractivity contribution in [1.82, 2.24) is 9.97 Å². The first kappa shape index (κ1) is 18.3. The van der Waals surface area contributed by atoms with E-state index in [-0.39, 0.29) is 35.2 Å². The largest absolute Gasteiger partial charge is 0.496 e. The third-order valence-electron chi connectivity index (χ3n) is 3.44. The Labute approximate surface area is 133 Å². The van der Waals surface area contributed by atoms with Gasteiger partial charge in [-0.25, -0.2) is 9.97 Å². The summed E-state index contributed by atoms with van der Waals surface area (Å²) in [6, 6.07) is 3.06. The van der Waals surface area contributed by atoms with Crippen LogP contribution in [0.1, 0.15) is 29.9 Å². The van der Waals surface area contributed by atoms with Gasteiger partial charge in [-0.05, 0) is 31.4 Å². The fourth-order valence-electron chi connectivity index (χ4n) is 2.35. The smallest absolute Gasteiger partial charge is 0.451 e. The number of alkyl halides is 6. The van der Waals surface area contributed by atoms with Gasteiger partial charge in [0, 0.05) is 6.42 Å². The van der Waals surface area contributed by atoms with Crippen LogP contribution in [0.3, 0.4) is 0 Å². The van der Waals surface area contributed by atoms with Gasteiger partial charge in [-0.2, -0.15) is 26.3 Å². The lowest BCUT2D eigenvalue weighted by Gasteiger charge is -2.15. The highest BCUT2D eigenvalue weighted by atomic mass is 19.4. The average Bonchev–Trinajstić information content (AvgIpc) is 2.45. The quantitative estimate of drug-likeness (QED) is 0.738. The van der Waals surface area contributed by atoms with Crippen LogP contribution in [0.25, 0.3) is 10.9 Å². The second-order valence-electron chi connectivity index (χ2n) is 5.27. The Balaban J connectivity index is 2.58. The number of nitrogens with zero attached hydrogens (tertiary/aromatic N) is 2. The molecule has 0 spiro atoms. The first-order valence-electron chi connectivity index (χ1n) is 7.01. The van der Waals surface area contributed by atoms with Gasteiger partial charge in [0.2, 0.25) is 5.82 Å². The second kappa shape index (κ2) is 6.45. The highest BCUT2D eigenvalue weighted by Gasteiger charge is 2.36. The highest BCUT2D eigenvalue weighted by Crippen LogP contribution is 2.34. The molecule has 0 aliphatic rings. The fraction of sp³-hybridized carbons (Fsp3) is 0.467. The maximum absolute atomic E-state index is 13.0. The number of fused-ring (bicyclic) bond motifs is 1. The van der Waals surface area contributed by atoms with Crippen LogP contribution in [-0.2, 0) is 12.6 Å². The standard InChI is InChI=1S/C15H14F6N2O/c1-8-5-6-10(24-2)11-9(4-3-7-14(16,17)18)22-13(15(19,20)21)23-12(8)11/h5-6H,3-4,7H2,1-2H3. The van der Waals surface area contributed by atoms with Gasteiger partial charge in [-0.15, -0.1) is 0 Å². The summed E-state index contributed by atoms with van der Waals surface area (Å²) < 4.78 is 81.0. The van der Waals surface area contributed by atoms with Crippen LogP contribution in [0, 0.1) is 6.92 Å². The monoisotopic (exact) mass is 352 g/mol. The Hall–Kier alpha value is -2.06. The van der Waals surface area contributed by atoms with Crippen LogP contribution in [-0.4, -0.2) is 23.3 Å². The van der Waals surface area contributed by atoms with E-state index in [9.17, 15) is 26.3 Å². The number of aryl methyl sites for hydroxylation is 2. The van der Waals surface area contributed by atoms with Gasteiger partial charge in [-0.1, -0.05) is 6.07 Å². The van der Waals surface area contributed by atoms with Gasteiger partial charge < -0.3 is 4.74 Å². The van der Waals surface area contributed by atoms with Crippen LogP contribution < -0.4 is 4.74 Å². The molecule has 0 radical (unpaired) electrons. The van der Waals surface area contributed by atoms with Gasteiger partial charge in [0.1, 0.15) is 5.75 Å². The minimum absolute atomic E-state index is 0.0266. The molecule has 0 unspecified atom stereocenters. The molecule has 1 heterocycles. The molecule has 0 amide bonds. The molecule has 0 saturated heterocycles. The first-order chi connectivity index (χ1) is 11.0. The summed E-state index contributed by atoms with van der Waals surface area (Å²) in [5, 5.41) is 0.215. The normalized spacial score (nSPS) is 12.7. The summed E-state index contributed by atoms with van der Waals surface area (Å²) in [5.41, 5.74) is 0.381. The molecule has 3 nitrogen and oxygen atoms in total. The molecule has 0 aliphatic carbocycles. The van der Waals surface area contributed by atoms with Crippen LogP contribution in [0.15, 0.2) is 12.1 Å². The lowest BCUT2D eigenvalue weighted by molar-refractivity contribution is -0.145. The summed E-state index contributed by atoms with van der Waals surface area (Å²) >= 11 is 0. The molecule has 132 valence electrons. The summed E-state index contributed by atoms with van der Waals surface area (Å²) in [6.07, 6.45) is -10.9. The molecule has 2 rings (SSSR count). The maximum atomic E-state index is 13.0. The Bertz CT molecular complexity index is 739. The molecule has 1 aromatic heterocycles. The topological polar surface area (TPSA) is 35.0 Å². The molecule has 0 aliphatic heterocycles. The van der Waals surface area contributed by atoms with E-state index in [0.29, 0.717) is 5.56 Å². The van der Waals surface area contributed by atoms with Crippen molar-refractivity contribution in [3.05, 3.63) is 29.2 Å². The summed E-state index contributed by atoms with van der Waals surface area (Å²) in [7, 11) is 1.32. The SMILES string of the molecule is COc1ccc(C)c2nc(C(F)(F)F)nc(CCCC(F)(F)F)c12. The molecule has 0 fully saturated rings. The Kier molecular flexibility index (Phi) is 4.91. The molecule has 1 aromatic carbocycles. The number of ether oxygens (including phenoxy) is 1. The number of aromatic nitrogens is 2. The summed E-state index contributed by atoms with van der Waals surface area (Å²) in [4.78, 5) is 6.99. The molecule has 2 aromatic rings. The number of hydrogen-bond acceptors (Lipinski definition) is 3. The lowest BCUT2D eigenvalue weighted by atomic mass is 10.0. The number of halogens is 6. The van der Waals surface area contributed by atoms with Crippen molar-refractivity contribution < 1.29 is 31.1 Å². The number of benzene rings is 1. The van der Waals surface area contributed by atoms with Crippen molar-refractivity contribution in [2.45, 2.75) is 38.5 Å². The fourth-order valence-corrected chi connectivity index (χ4v) is 2.35. The van der Waals surface area contributed by atoms with E-state index in [1.54, 1.807) is 6.92 Å². The first-order valence-corrected chi connectivity index (χ1v) is 7.01. The van der Waals surface area contributed by atoms with Crippen molar-refractivity contribution in [2.75, 3.05) is 7.11 Å². The Morgan fingerprint density at radius 1 is 1.04 bits per heavy atom. The van der Waals surface area contributed by atoms with Crippen LogP contribution in [0.4, 0.5) is 26.3 Å². The number of rotatable bonds is 4. The van der Waals surface area contributed by atoms with Crippen LogP contribution in [0.5, 0.6) is 5.75 Å². The van der Waals surface area contributed by atoms with Crippen LogP contribution in [0.2, 0.25) is 0 Å². The minimum atomic E-state index is -4.79. The van der Waals surface area contributed by atoms with E-state index in [0.717, 1.165) is 0 Å². The summed E-state index contributed by atoms with van der Waals surface area (Å²) in [6.45, 7) is 1.56. The minimum Gasteiger partial charge on any atom is -0.496 e. The molecule has 0 bridgehead atoms. The van der Waals surface area contributed by atoms with E-state index in [1.165, 1.54) is 19.2 Å². The lowest BCUT2D eigenvalue weighted by Crippen LogP contribution is -2.14. The average molecular weight is 352 g/mol. The van der Waals surface area contributed by atoms with Gasteiger partial charge in [0.25, 0.3) is 0 Å². The zero-order valence-corrected chi connectivity index (χ0v) is 12.8. The third-order valence-corrected chi connectivity index (χ3v) is 3.44. The molecule has 9 heteroatoms. The number of methoxy groups -OCH3 is 1. The molecule has 0 N–H and O–H groups in total. The van der Waals surface area contributed by atoms with Crippen molar-refractivity contribution in [2.24, 2.45) is 0 Å². The summed E-state index contributed by atoms with van der Waals surface area (Å²) in [5.74, 6) is -1.14. The van der Waals surface area contributed by atoms with E-state index in [1.807, 2.05) is 0 Å². The van der Waals surface area contributed by atoms with E-state index in [4.69, 9.17) is 4.74 Å². The van der Waals surface area contributed by atoms with E-state index in [2.05, 4.69) is 9.97 Å². The van der Waals surface area contributed by atoms with Gasteiger partial charge >= 0.3 is 12.4 Å². The van der Waals surface area contributed by atoms with Crippen molar-refractivity contribution in [3.63, 3.8) is 0 Å². The molecule has 0 atom stereocenters. The number of hydrogen-bond donors (Lipinski definition) is 0.